The lowest BCUT2D eigenvalue weighted by Gasteiger charge is -2.12. The highest BCUT2D eigenvalue weighted by molar-refractivity contribution is 5.93. The Morgan fingerprint density at radius 1 is 1.40 bits per heavy atom. The van der Waals surface area contributed by atoms with Crippen molar-refractivity contribution >= 4 is 5.78 Å². The molecule has 0 radical (unpaired) electrons. The maximum atomic E-state index is 11.6. The summed E-state index contributed by atoms with van der Waals surface area (Å²) in [6.45, 7) is 5.64. The summed E-state index contributed by atoms with van der Waals surface area (Å²) in [7, 11) is 1.99. The molecule has 0 saturated carbocycles. The molecule has 0 fully saturated rings. The van der Waals surface area contributed by atoms with Crippen LogP contribution in [-0.4, -0.2) is 40.8 Å². The summed E-state index contributed by atoms with van der Waals surface area (Å²) in [6, 6.07) is 0. The smallest absolute Gasteiger partial charge is 0.184 e. The molecule has 0 spiro atoms. The van der Waals surface area contributed by atoms with Crippen LogP contribution >= 0.6 is 0 Å². The molecule has 0 bridgehead atoms. The second kappa shape index (κ2) is 5.56. The number of aryl methyl sites for hydroxylation is 1. The summed E-state index contributed by atoms with van der Waals surface area (Å²) in [4.78, 5) is 21.8. The molecule has 0 aliphatic rings. The van der Waals surface area contributed by atoms with E-state index in [1.807, 2.05) is 14.0 Å². The second-order valence-corrected chi connectivity index (χ2v) is 3.61. The minimum Gasteiger partial charge on any atom is -0.306 e. The second-order valence-electron chi connectivity index (χ2n) is 3.61. The normalized spacial score (nSPS) is 10.7. The summed E-state index contributed by atoms with van der Waals surface area (Å²) in [5.74, 6) is 0.0581. The molecular weight excluding hydrogens is 190 g/mol. The van der Waals surface area contributed by atoms with Crippen molar-refractivity contribution in [3.63, 3.8) is 0 Å². The summed E-state index contributed by atoms with van der Waals surface area (Å²) in [6.07, 6.45) is 3.67. The molecule has 0 aliphatic heterocycles. The van der Waals surface area contributed by atoms with Gasteiger partial charge in [0.15, 0.2) is 5.78 Å². The van der Waals surface area contributed by atoms with Gasteiger partial charge >= 0.3 is 0 Å². The number of hydrogen-bond acceptors (Lipinski definition) is 4. The fourth-order valence-corrected chi connectivity index (χ4v) is 1.12. The van der Waals surface area contributed by atoms with Crippen molar-refractivity contribution < 1.29 is 4.79 Å². The third-order valence-electron chi connectivity index (χ3n) is 2.33. The largest absolute Gasteiger partial charge is 0.306 e. The van der Waals surface area contributed by atoms with Gasteiger partial charge in [-0.25, -0.2) is 4.98 Å². The maximum Gasteiger partial charge on any atom is 0.184 e. The Labute approximate surface area is 90.3 Å². The van der Waals surface area contributed by atoms with Gasteiger partial charge in [-0.2, -0.15) is 0 Å². The zero-order valence-corrected chi connectivity index (χ0v) is 9.53. The molecule has 0 unspecified atom stereocenters. The minimum atomic E-state index is 0.0581. The van der Waals surface area contributed by atoms with E-state index < -0.39 is 0 Å². The Morgan fingerprint density at radius 3 is 2.67 bits per heavy atom. The Hall–Kier alpha value is -1.29. The molecule has 1 heterocycles. The lowest BCUT2D eigenvalue weighted by molar-refractivity contribution is 0.0964. The first kappa shape index (κ1) is 11.8. The van der Waals surface area contributed by atoms with E-state index in [4.69, 9.17) is 0 Å². The number of nitrogens with zero attached hydrogens (tertiary/aromatic N) is 3. The lowest BCUT2D eigenvalue weighted by atomic mass is 10.2. The Kier molecular flexibility index (Phi) is 4.37. The Bertz CT molecular complexity index is 321. The van der Waals surface area contributed by atoms with Crippen LogP contribution in [-0.2, 0) is 0 Å². The van der Waals surface area contributed by atoms with Crippen LogP contribution in [0.15, 0.2) is 12.4 Å². The van der Waals surface area contributed by atoms with Crippen LogP contribution < -0.4 is 0 Å². The fraction of sp³-hybridized carbons (Fsp3) is 0.545. The predicted molar refractivity (Wildman–Crippen MR) is 58.9 cm³/mol. The number of ketones is 1. The van der Waals surface area contributed by atoms with E-state index in [1.54, 1.807) is 12.4 Å². The summed E-state index contributed by atoms with van der Waals surface area (Å²) in [5.41, 5.74) is 1.29. The van der Waals surface area contributed by atoms with Gasteiger partial charge in [-0.05, 0) is 20.5 Å². The van der Waals surface area contributed by atoms with Gasteiger partial charge in [0.05, 0.1) is 11.9 Å². The van der Waals surface area contributed by atoms with Crippen molar-refractivity contribution in [3.8, 4) is 0 Å². The number of Topliss-reactive ketones (excluding diaryl/α,β-unsaturated/α-hetero) is 1. The molecule has 0 amide bonds. The van der Waals surface area contributed by atoms with Crippen LogP contribution in [0, 0.1) is 6.92 Å². The van der Waals surface area contributed by atoms with Crippen molar-refractivity contribution in [1.82, 2.24) is 14.9 Å². The number of rotatable bonds is 5. The van der Waals surface area contributed by atoms with Gasteiger partial charge in [0, 0.05) is 19.2 Å². The van der Waals surface area contributed by atoms with Crippen molar-refractivity contribution in [2.24, 2.45) is 0 Å². The first-order valence-electron chi connectivity index (χ1n) is 5.14. The molecule has 0 saturated heterocycles. The van der Waals surface area contributed by atoms with E-state index in [-0.39, 0.29) is 5.78 Å². The van der Waals surface area contributed by atoms with Gasteiger partial charge < -0.3 is 4.90 Å². The number of carbonyl (C=O) groups is 1. The van der Waals surface area contributed by atoms with Crippen molar-refractivity contribution in [2.75, 3.05) is 20.1 Å². The van der Waals surface area contributed by atoms with E-state index in [2.05, 4.69) is 21.8 Å². The van der Waals surface area contributed by atoms with Crippen molar-refractivity contribution in [2.45, 2.75) is 20.3 Å². The van der Waals surface area contributed by atoms with Crippen molar-refractivity contribution in [1.29, 1.82) is 0 Å². The van der Waals surface area contributed by atoms with Gasteiger partial charge in [0.1, 0.15) is 5.69 Å². The average Bonchev–Trinajstić information content (AvgIpc) is 2.26. The summed E-state index contributed by atoms with van der Waals surface area (Å²) < 4.78 is 0. The molecule has 0 aromatic carbocycles. The van der Waals surface area contributed by atoms with E-state index >= 15 is 0 Å². The first-order chi connectivity index (χ1) is 7.13. The summed E-state index contributed by atoms with van der Waals surface area (Å²) >= 11 is 0. The van der Waals surface area contributed by atoms with Crippen LogP contribution in [0.5, 0.6) is 0 Å². The average molecular weight is 207 g/mol. The minimum absolute atomic E-state index is 0.0581. The lowest BCUT2D eigenvalue weighted by Crippen LogP contribution is -2.21. The zero-order chi connectivity index (χ0) is 11.3. The molecule has 4 heteroatoms. The molecule has 0 aliphatic carbocycles. The Balaban J connectivity index is 2.50. The molecule has 0 N–H and O–H groups in total. The molecular formula is C11H17N3O. The molecule has 1 aromatic rings. The van der Waals surface area contributed by atoms with Gasteiger partial charge in [-0.1, -0.05) is 6.92 Å². The van der Waals surface area contributed by atoms with Crippen LogP contribution in [0.4, 0.5) is 0 Å². The topological polar surface area (TPSA) is 46.1 Å². The molecule has 82 valence electrons. The Morgan fingerprint density at radius 2 is 2.13 bits per heavy atom. The van der Waals surface area contributed by atoms with E-state index in [0.717, 1.165) is 18.8 Å². The monoisotopic (exact) mass is 207 g/mol. The fourth-order valence-electron chi connectivity index (χ4n) is 1.12. The number of aromatic nitrogens is 2. The van der Waals surface area contributed by atoms with Gasteiger partial charge in [-0.3, -0.25) is 9.78 Å². The van der Waals surface area contributed by atoms with E-state index in [1.165, 1.54) is 0 Å². The molecule has 0 atom stereocenters. The third kappa shape index (κ3) is 3.75. The first-order valence-corrected chi connectivity index (χ1v) is 5.14. The quantitative estimate of drug-likeness (QED) is 0.683. The highest BCUT2D eigenvalue weighted by Gasteiger charge is 2.08. The van der Waals surface area contributed by atoms with Crippen molar-refractivity contribution in [3.05, 3.63) is 23.8 Å². The maximum absolute atomic E-state index is 11.6. The molecule has 1 rings (SSSR count). The summed E-state index contributed by atoms with van der Waals surface area (Å²) in [5, 5.41) is 0. The third-order valence-corrected chi connectivity index (χ3v) is 2.33. The van der Waals surface area contributed by atoms with Gasteiger partial charge in [0.25, 0.3) is 0 Å². The zero-order valence-electron chi connectivity index (χ0n) is 9.53. The predicted octanol–water partition coefficient (Wildman–Crippen LogP) is 1.31. The van der Waals surface area contributed by atoms with Gasteiger partial charge in [0.2, 0.25) is 0 Å². The van der Waals surface area contributed by atoms with Crippen LogP contribution in [0.2, 0.25) is 0 Å². The van der Waals surface area contributed by atoms with Crippen LogP contribution in [0.25, 0.3) is 0 Å². The number of carbonyl (C=O) groups excluding carboxylic acids is 1. The van der Waals surface area contributed by atoms with Crippen LogP contribution in [0.1, 0.15) is 29.5 Å². The molecule has 4 nitrogen and oxygen atoms in total. The highest BCUT2D eigenvalue weighted by atomic mass is 16.1. The van der Waals surface area contributed by atoms with Crippen LogP contribution in [0.3, 0.4) is 0 Å². The van der Waals surface area contributed by atoms with Gasteiger partial charge in [-0.15, -0.1) is 0 Å². The SMILES string of the molecule is CCN(C)CCC(=O)c1cnc(C)cn1. The number of hydrogen-bond donors (Lipinski definition) is 0. The van der Waals surface area contributed by atoms with E-state index in [0.29, 0.717) is 12.1 Å². The molecule has 15 heavy (non-hydrogen) atoms. The van der Waals surface area contributed by atoms with E-state index in [9.17, 15) is 4.79 Å². The highest BCUT2D eigenvalue weighted by Crippen LogP contribution is 2.00. The molecule has 1 aromatic heterocycles. The standard InChI is InChI=1S/C11H17N3O/c1-4-14(3)6-5-11(15)10-8-12-9(2)7-13-10/h7-8H,4-6H2,1-3H3.